The highest BCUT2D eigenvalue weighted by atomic mass is 35.5. The molecule has 2 heterocycles. The molecule has 0 radical (unpaired) electrons. The first-order valence-corrected chi connectivity index (χ1v) is 8.23. The lowest BCUT2D eigenvalue weighted by Gasteiger charge is -1.99. The second-order valence-electron chi connectivity index (χ2n) is 5.37. The van der Waals surface area contributed by atoms with Crippen LogP contribution >= 0.6 is 23.2 Å². The Morgan fingerprint density at radius 3 is 2.50 bits per heavy atom. The Kier molecular flexibility index (Phi) is 4.14. The lowest BCUT2D eigenvalue weighted by molar-refractivity contribution is 0.0601. The Morgan fingerprint density at radius 1 is 1.08 bits per heavy atom. The van der Waals surface area contributed by atoms with Gasteiger partial charge < -0.3 is 13.7 Å². The van der Waals surface area contributed by atoms with E-state index in [0.717, 1.165) is 0 Å². The van der Waals surface area contributed by atoms with E-state index >= 15 is 0 Å². The predicted molar refractivity (Wildman–Crippen MR) is 96.3 cm³/mol. The van der Waals surface area contributed by atoms with Crippen molar-refractivity contribution in [2.45, 2.75) is 0 Å². The van der Waals surface area contributed by atoms with Gasteiger partial charge in [-0.05, 0) is 30.3 Å². The number of fused-ring (bicyclic) bond motifs is 1. The normalized spacial score (nSPS) is 11.0. The minimum Gasteiger partial charge on any atom is -0.465 e. The zero-order valence-corrected chi connectivity index (χ0v) is 14.8. The number of hydrogen-bond acceptors (Lipinski definition) is 6. The smallest absolute Gasteiger partial charge is 0.337 e. The number of methoxy groups -OCH3 is 1. The maximum absolute atomic E-state index is 11.5. The monoisotopic (exact) mass is 388 g/mol. The number of furan rings is 1. The van der Waals surface area contributed by atoms with Crippen molar-refractivity contribution in [1.29, 1.82) is 0 Å². The maximum Gasteiger partial charge on any atom is 0.337 e. The van der Waals surface area contributed by atoms with E-state index in [0.29, 0.717) is 43.7 Å². The minimum absolute atomic E-state index is 0.195. The van der Waals surface area contributed by atoms with Crippen LogP contribution in [-0.4, -0.2) is 23.2 Å². The summed E-state index contributed by atoms with van der Waals surface area (Å²) in [5.41, 5.74) is 1.57. The van der Waals surface area contributed by atoms with E-state index in [-0.39, 0.29) is 5.89 Å². The van der Waals surface area contributed by atoms with Crippen LogP contribution in [0.1, 0.15) is 10.4 Å². The maximum atomic E-state index is 11.5. The molecule has 2 aromatic heterocycles. The molecule has 26 heavy (non-hydrogen) atoms. The van der Waals surface area contributed by atoms with Gasteiger partial charge >= 0.3 is 5.97 Å². The molecule has 0 amide bonds. The molecule has 0 aliphatic carbocycles. The van der Waals surface area contributed by atoms with Crippen LogP contribution in [0.4, 0.5) is 0 Å². The van der Waals surface area contributed by atoms with Crippen LogP contribution < -0.4 is 0 Å². The zero-order valence-electron chi connectivity index (χ0n) is 13.3. The molecule has 0 atom stereocenters. The first-order chi connectivity index (χ1) is 12.6. The van der Waals surface area contributed by atoms with Gasteiger partial charge in [-0.3, -0.25) is 0 Å². The molecule has 0 saturated heterocycles. The molecule has 8 heteroatoms. The van der Waals surface area contributed by atoms with Crippen molar-refractivity contribution in [1.82, 2.24) is 10.1 Å². The van der Waals surface area contributed by atoms with E-state index in [4.69, 9.17) is 32.1 Å². The molecule has 2 aromatic carbocycles. The third-order valence-corrected chi connectivity index (χ3v) is 4.41. The van der Waals surface area contributed by atoms with E-state index in [2.05, 4.69) is 14.9 Å². The Labute approximate surface area is 157 Å². The molecule has 0 aliphatic rings. The van der Waals surface area contributed by atoms with Crippen LogP contribution in [0.3, 0.4) is 0 Å². The molecule has 0 bridgehead atoms. The lowest BCUT2D eigenvalue weighted by Crippen LogP contribution is -2.00. The summed E-state index contributed by atoms with van der Waals surface area (Å²) in [5, 5.41) is 5.56. The highest BCUT2D eigenvalue weighted by molar-refractivity contribution is 6.39. The molecular formula is C18H10Cl2N2O4. The number of nitrogens with zero attached hydrogens (tertiary/aromatic N) is 2. The van der Waals surface area contributed by atoms with E-state index < -0.39 is 5.97 Å². The molecule has 0 aliphatic heterocycles. The summed E-state index contributed by atoms with van der Waals surface area (Å²) in [6, 6.07) is 11.7. The fourth-order valence-corrected chi connectivity index (χ4v) is 2.88. The second kappa shape index (κ2) is 6.48. The number of carbonyl (C=O) groups excluding carboxylic acids is 1. The second-order valence-corrected chi connectivity index (χ2v) is 6.19. The van der Waals surface area contributed by atoms with E-state index in [1.54, 1.807) is 42.5 Å². The van der Waals surface area contributed by atoms with Gasteiger partial charge in [-0.25, -0.2) is 4.79 Å². The van der Waals surface area contributed by atoms with E-state index in [1.807, 2.05) is 0 Å². The van der Waals surface area contributed by atoms with Crippen LogP contribution in [-0.2, 0) is 4.74 Å². The van der Waals surface area contributed by atoms with E-state index in [9.17, 15) is 4.79 Å². The fourth-order valence-electron chi connectivity index (χ4n) is 2.48. The number of benzene rings is 2. The average Bonchev–Trinajstić information content (AvgIpc) is 3.32. The number of carbonyl (C=O) groups is 1. The lowest BCUT2D eigenvalue weighted by atomic mass is 10.1. The molecule has 0 spiro atoms. The van der Waals surface area contributed by atoms with Crippen molar-refractivity contribution >= 4 is 40.1 Å². The van der Waals surface area contributed by atoms with Crippen LogP contribution in [0.25, 0.3) is 34.0 Å². The summed E-state index contributed by atoms with van der Waals surface area (Å²) in [7, 11) is 1.33. The van der Waals surface area contributed by atoms with Crippen LogP contribution in [0.5, 0.6) is 0 Å². The Hall–Kier alpha value is -2.83. The van der Waals surface area contributed by atoms with E-state index in [1.165, 1.54) is 7.11 Å². The van der Waals surface area contributed by atoms with Gasteiger partial charge in [0.05, 0.1) is 22.7 Å². The summed E-state index contributed by atoms with van der Waals surface area (Å²) >= 11 is 12.3. The zero-order chi connectivity index (χ0) is 18.3. The van der Waals surface area contributed by atoms with Crippen molar-refractivity contribution in [3.63, 3.8) is 0 Å². The molecule has 0 N–H and O–H groups in total. The molecule has 0 unspecified atom stereocenters. The number of rotatable bonds is 3. The molecule has 4 rings (SSSR count). The van der Waals surface area contributed by atoms with Crippen LogP contribution in [0, 0.1) is 0 Å². The van der Waals surface area contributed by atoms with Crippen molar-refractivity contribution < 1.29 is 18.5 Å². The summed E-state index contributed by atoms with van der Waals surface area (Å²) in [5.74, 6) is 0.496. The van der Waals surface area contributed by atoms with Crippen molar-refractivity contribution in [3.8, 4) is 23.0 Å². The summed E-state index contributed by atoms with van der Waals surface area (Å²) in [6.07, 6.45) is 0. The molecule has 6 nitrogen and oxygen atoms in total. The van der Waals surface area contributed by atoms with Gasteiger partial charge in [-0.15, -0.1) is 0 Å². The topological polar surface area (TPSA) is 78.4 Å². The third kappa shape index (κ3) is 2.83. The summed E-state index contributed by atoms with van der Waals surface area (Å²) in [4.78, 5) is 15.8. The predicted octanol–water partition coefficient (Wildman–Crippen LogP) is 5.24. The van der Waals surface area contributed by atoms with Crippen LogP contribution in [0.2, 0.25) is 10.0 Å². The number of aromatic nitrogens is 2. The average molecular weight is 389 g/mol. The van der Waals surface area contributed by atoms with Gasteiger partial charge in [0.1, 0.15) is 0 Å². The first-order valence-electron chi connectivity index (χ1n) is 7.47. The van der Waals surface area contributed by atoms with Gasteiger partial charge in [0.15, 0.2) is 11.3 Å². The molecule has 0 fully saturated rings. The third-order valence-electron chi connectivity index (χ3n) is 3.78. The minimum atomic E-state index is -0.415. The fraction of sp³-hybridized carbons (Fsp3) is 0.0556. The van der Waals surface area contributed by atoms with Gasteiger partial charge in [0.2, 0.25) is 5.82 Å². The molecule has 0 saturated carbocycles. The quantitative estimate of drug-likeness (QED) is 0.446. The van der Waals surface area contributed by atoms with Gasteiger partial charge in [0.25, 0.3) is 5.89 Å². The first kappa shape index (κ1) is 16.6. The summed E-state index contributed by atoms with van der Waals surface area (Å²) < 4.78 is 15.7. The van der Waals surface area contributed by atoms with Gasteiger partial charge in [-0.1, -0.05) is 40.5 Å². The Balaban J connectivity index is 1.69. The number of hydrogen-bond donors (Lipinski definition) is 0. The molecular weight excluding hydrogens is 379 g/mol. The standard InChI is InChI=1S/C18H10Cl2N2O4/c1-24-18(23)10-4-2-9(3-5-10)16-21-17(26-22-16)14-8-11-12(19)6-7-13(20)15(11)25-14/h2-8H,1H3. The highest BCUT2D eigenvalue weighted by Gasteiger charge is 2.18. The number of halogens is 2. The number of ether oxygens (including phenoxy) is 1. The van der Waals surface area contributed by atoms with Crippen molar-refractivity contribution in [2.75, 3.05) is 7.11 Å². The van der Waals surface area contributed by atoms with Crippen molar-refractivity contribution in [2.24, 2.45) is 0 Å². The van der Waals surface area contributed by atoms with Crippen molar-refractivity contribution in [3.05, 3.63) is 58.1 Å². The Morgan fingerprint density at radius 2 is 1.81 bits per heavy atom. The van der Waals surface area contributed by atoms with Crippen LogP contribution in [0.15, 0.2) is 51.4 Å². The van der Waals surface area contributed by atoms with Gasteiger partial charge in [-0.2, -0.15) is 4.98 Å². The molecule has 130 valence electrons. The largest absolute Gasteiger partial charge is 0.465 e. The highest BCUT2D eigenvalue weighted by Crippen LogP contribution is 2.36. The summed E-state index contributed by atoms with van der Waals surface area (Å²) in [6.45, 7) is 0. The Bertz CT molecular complexity index is 1080. The molecule has 4 aromatic rings. The van der Waals surface area contributed by atoms with Gasteiger partial charge in [0, 0.05) is 10.9 Å². The SMILES string of the molecule is COC(=O)c1ccc(-c2noc(-c3cc4c(Cl)ccc(Cl)c4o3)n2)cc1. The number of esters is 1.